The highest BCUT2D eigenvalue weighted by Gasteiger charge is 2.32. The van der Waals surface area contributed by atoms with Crippen LogP contribution in [0.1, 0.15) is 15.9 Å². The molecule has 0 aliphatic heterocycles. The van der Waals surface area contributed by atoms with Crippen molar-refractivity contribution in [2.45, 2.75) is 6.18 Å². The molecule has 1 N–H and O–H groups in total. The molecule has 0 atom stereocenters. The monoisotopic (exact) mass is 417 g/mol. The normalized spacial score (nSPS) is 11.5. The lowest BCUT2D eigenvalue weighted by Crippen LogP contribution is -2.15. The topological polar surface area (TPSA) is 81.2 Å². The molecule has 0 bridgehead atoms. The standard InChI is InChI=1S/C20H11F4N3O3/c21-16-8-14(7-15(9-16)20(22,23)24)17(28)25-19-27-26-18(30-19)12-3-1-2-11(6-12)13-4-5-29-10-13/h1-10H,(H,25,27,28). The van der Waals surface area contributed by atoms with Gasteiger partial charge in [0.15, 0.2) is 0 Å². The molecular weight excluding hydrogens is 406 g/mol. The van der Waals surface area contributed by atoms with E-state index in [4.69, 9.17) is 8.83 Å². The van der Waals surface area contributed by atoms with E-state index in [0.717, 1.165) is 11.1 Å². The molecule has 0 aliphatic rings. The molecule has 2 aromatic heterocycles. The molecule has 10 heteroatoms. The molecule has 4 aromatic rings. The summed E-state index contributed by atoms with van der Waals surface area (Å²) >= 11 is 0. The van der Waals surface area contributed by atoms with E-state index in [2.05, 4.69) is 15.5 Å². The van der Waals surface area contributed by atoms with E-state index < -0.39 is 29.0 Å². The fourth-order valence-electron chi connectivity index (χ4n) is 2.70. The maximum atomic E-state index is 13.5. The van der Waals surface area contributed by atoms with Crippen LogP contribution < -0.4 is 5.32 Å². The van der Waals surface area contributed by atoms with Crippen LogP contribution in [0.25, 0.3) is 22.6 Å². The van der Waals surface area contributed by atoms with Gasteiger partial charge >= 0.3 is 12.2 Å². The van der Waals surface area contributed by atoms with E-state index in [9.17, 15) is 22.4 Å². The Morgan fingerprint density at radius 1 is 0.967 bits per heavy atom. The van der Waals surface area contributed by atoms with Crippen molar-refractivity contribution in [2.75, 3.05) is 5.32 Å². The van der Waals surface area contributed by atoms with E-state index >= 15 is 0 Å². The number of hydrogen-bond donors (Lipinski definition) is 1. The number of nitrogens with one attached hydrogen (secondary N) is 1. The van der Waals surface area contributed by atoms with Gasteiger partial charge in [-0.15, -0.1) is 5.10 Å². The smallest absolute Gasteiger partial charge is 0.416 e. The van der Waals surface area contributed by atoms with Crippen LogP contribution in [0.5, 0.6) is 0 Å². The summed E-state index contributed by atoms with van der Waals surface area (Å²) in [6.45, 7) is 0. The van der Waals surface area contributed by atoms with Crippen LogP contribution in [-0.4, -0.2) is 16.1 Å². The van der Waals surface area contributed by atoms with Crippen molar-refractivity contribution in [3.63, 3.8) is 0 Å². The highest BCUT2D eigenvalue weighted by atomic mass is 19.4. The lowest BCUT2D eigenvalue weighted by Gasteiger charge is -2.08. The summed E-state index contributed by atoms with van der Waals surface area (Å²) in [5.41, 5.74) is 0.381. The largest absolute Gasteiger partial charge is 0.472 e. The minimum absolute atomic E-state index is 0.0749. The number of anilines is 1. The van der Waals surface area contributed by atoms with Gasteiger partial charge in [-0.2, -0.15) is 13.2 Å². The van der Waals surface area contributed by atoms with Crippen LogP contribution in [0.4, 0.5) is 23.6 Å². The van der Waals surface area contributed by atoms with Gasteiger partial charge < -0.3 is 8.83 Å². The van der Waals surface area contributed by atoms with Gasteiger partial charge in [0.25, 0.3) is 5.91 Å². The number of carbonyl (C=O) groups is 1. The van der Waals surface area contributed by atoms with Gasteiger partial charge in [-0.05, 0) is 42.0 Å². The first-order valence-corrected chi connectivity index (χ1v) is 8.45. The van der Waals surface area contributed by atoms with Crippen molar-refractivity contribution in [1.82, 2.24) is 10.2 Å². The van der Waals surface area contributed by atoms with Crippen LogP contribution in [0.2, 0.25) is 0 Å². The summed E-state index contributed by atoms with van der Waals surface area (Å²) in [7, 11) is 0. The number of benzene rings is 2. The van der Waals surface area contributed by atoms with Crippen LogP contribution in [0, 0.1) is 5.82 Å². The van der Waals surface area contributed by atoms with Crippen molar-refractivity contribution in [3.05, 3.63) is 78.0 Å². The molecule has 2 aromatic carbocycles. The lowest BCUT2D eigenvalue weighted by molar-refractivity contribution is -0.137. The second-order valence-corrected chi connectivity index (χ2v) is 6.19. The zero-order valence-corrected chi connectivity index (χ0v) is 14.9. The number of rotatable bonds is 4. The molecule has 0 radical (unpaired) electrons. The number of nitrogens with zero attached hydrogens (tertiary/aromatic N) is 2. The number of alkyl halides is 3. The molecule has 1 amide bonds. The Morgan fingerprint density at radius 3 is 2.50 bits per heavy atom. The van der Waals surface area contributed by atoms with E-state index in [1.165, 1.54) is 6.26 Å². The molecule has 152 valence electrons. The second kappa shape index (κ2) is 7.47. The van der Waals surface area contributed by atoms with Crippen molar-refractivity contribution >= 4 is 11.9 Å². The first-order chi connectivity index (χ1) is 14.3. The molecule has 0 saturated carbocycles. The maximum Gasteiger partial charge on any atom is 0.416 e. The van der Waals surface area contributed by atoms with Crippen LogP contribution in [0.3, 0.4) is 0 Å². The van der Waals surface area contributed by atoms with Crippen molar-refractivity contribution in [2.24, 2.45) is 0 Å². The third kappa shape index (κ3) is 4.07. The predicted molar refractivity (Wildman–Crippen MR) is 96.8 cm³/mol. The Hall–Kier alpha value is -3.95. The summed E-state index contributed by atoms with van der Waals surface area (Å²) in [6.07, 6.45) is -1.71. The minimum atomic E-state index is -4.80. The van der Waals surface area contributed by atoms with E-state index in [1.807, 2.05) is 6.07 Å². The summed E-state index contributed by atoms with van der Waals surface area (Å²) in [6, 6.07) is 9.99. The summed E-state index contributed by atoms with van der Waals surface area (Å²) in [4.78, 5) is 12.2. The maximum absolute atomic E-state index is 13.5. The molecule has 0 saturated heterocycles. The van der Waals surface area contributed by atoms with Crippen molar-refractivity contribution in [3.8, 4) is 22.6 Å². The summed E-state index contributed by atoms with van der Waals surface area (Å²) in [5, 5.41) is 9.65. The van der Waals surface area contributed by atoms with Crippen molar-refractivity contribution in [1.29, 1.82) is 0 Å². The average molecular weight is 417 g/mol. The Balaban J connectivity index is 1.55. The van der Waals surface area contributed by atoms with Gasteiger partial charge in [0.05, 0.1) is 18.1 Å². The second-order valence-electron chi connectivity index (χ2n) is 6.19. The number of halogens is 4. The highest BCUT2D eigenvalue weighted by molar-refractivity contribution is 6.03. The van der Waals surface area contributed by atoms with Gasteiger partial charge in [0.2, 0.25) is 5.89 Å². The van der Waals surface area contributed by atoms with Gasteiger partial charge in [-0.1, -0.05) is 17.2 Å². The molecule has 4 rings (SSSR count). The Morgan fingerprint density at radius 2 is 1.77 bits per heavy atom. The molecular formula is C20H11F4N3O3. The van der Waals surface area contributed by atoms with Gasteiger partial charge in [0.1, 0.15) is 5.82 Å². The number of amides is 1. The Labute approximate surface area is 166 Å². The molecule has 0 spiro atoms. The van der Waals surface area contributed by atoms with Gasteiger partial charge in [0, 0.05) is 16.7 Å². The number of furan rings is 1. The van der Waals surface area contributed by atoms with Crippen LogP contribution in [-0.2, 0) is 6.18 Å². The first-order valence-electron chi connectivity index (χ1n) is 8.45. The number of carbonyl (C=O) groups excluding carboxylic acids is 1. The third-order valence-electron chi connectivity index (χ3n) is 4.10. The van der Waals surface area contributed by atoms with E-state index in [1.54, 1.807) is 30.5 Å². The Kier molecular flexibility index (Phi) is 4.82. The third-order valence-corrected chi connectivity index (χ3v) is 4.10. The van der Waals surface area contributed by atoms with Gasteiger partial charge in [-0.25, -0.2) is 4.39 Å². The van der Waals surface area contributed by atoms with E-state index in [-0.39, 0.29) is 11.9 Å². The molecule has 0 unspecified atom stereocenters. The number of aromatic nitrogens is 2. The predicted octanol–water partition coefficient (Wildman–Crippen LogP) is 5.41. The number of hydrogen-bond acceptors (Lipinski definition) is 5. The first kappa shape index (κ1) is 19.4. The van der Waals surface area contributed by atoms with Crippen LogP contribution in [0.15, 0.2) is 69.9 Å². The highest BCUT2D eigenvalue weighted by Crippen LogP contribution is 2.31. The summed E-state index contributed by atoms with van der Waals surface area (Å²) < 4.78 is 62.4. The lowest BCUT2D eigenvalue weighted by atomic mass is 10.1. The molecule has 30 heavy (non-hydrogen) atoms. The quantitative estimate of drug-likeness (QED) is 0.449. The minimum Gasteiger partial charge on any atom is -0.472 e. The van der Waals surface area contributed by atoms with Crippen LogP contribution >= 0.6 is 0 Å². The summed E-state index contributed by atoms with van der Waals surface area (Å²) in [5.74, 6) is -2.15. The molecule has 6 nitrogen and oxygen atoms in total. The van der Waals surface area contributed by atoms with Crippen molar-refractivity contribution < 1.29 is 31.2 Å². The zero-order chi connectivity index (χ0) is 21.3. The fourth-order valence-corrected chi connectivity index (χ4v) is 2.70. The Bertz CT molecular complexity index is 1200. The zero-order valence-electron chi connectivity index (χ0n) is 14.9. The molecule has 2 heterocycles. The SMILES string of the molecule is O=C(Nc1nnc(-c2cccc(-c3ccoc3)c2)o1)c1cc(F)cc(C(F)(F)F)c1. The molecule has 0 aliphatic carbocycles. The fraction of sp³-hybridized carbons (Fsp3) is 0.0500. The van der Waals surface area contributed by atoms with E-state index in [0.29, 0.717) is 23.8 Å². The van der Waals surface area contributed by atoms with Gasteiger partial charge in [-0.3, -0.25) is 10.1 Å². The average Bonchev–Trinajstić information content (AvgIpc) is 3.39. The molecule has 0 fully saturated rings.